The highest BCUT2D eigenvalue weighted by molar-refractivity contribution is 5.93. The molecule has 2 heteroatoms. The molecule has 0 radical (unpaired) electrons. The second kappa shape index (κ2) is 33.6. The van der Waals surface area contributed by atoms with Gasteiger partial charge >= 0.3 is 0 Å². The van der Waals surface area contributed by atoms with Crippen LogP contribution in [0.2, 0.25) is 0 Å². The summed E-state index contributed by atoms with van der Waals surface area (Å²) in [6.07, 6.45) is 0. The summed E-state index contributed by atoms with van der Waals surface area (Å²) in [5.41, 5.74) is 0.775. The van der Waals surface area contributed by atoms with Crippen LogP contribution in [0, 0.1) is 0 Å². The summed E-state index contributed by atoms with van der Waals surface area (Å²) >= 11 is 0. The topological polar surface area (TPSA) is 26.3 Å². The van der Waals surface area contributed by atoms with Crippen molar-refractivity contribution >= 4 is 5.78 Å². The molecule has 0 atom stereocenters. The number of carbonyl (C=O) groups is 1. The first-order chi connectivity index (χ1) is 12.2. The van der Waals surface area contributed by atoms with Gasteiger partial charge in [0, 0.05) is 19.3 Å². The van der Waals surface area contributed by atoms with Crippen molar-refractivity contribution in [2.75, 3.05) is 13.7 Å². The molecule has 0 fully saturated rings. The molecule has 0 aliphatic heterocycles. The number of methoxy groups -OCH3 is 1. The molecule has 0 saturated carbocycles. The molecule has 0 spiro atoms. The Labute approximate surface area is 157 Å². The van der Waals surface area contributed by atoms with E-state index >= 15 is 0 Å². The van der Waals surface area contributed by atoms with Crippen LogP contribution in [0.1, 0.15) is 65.7 Å². The average molecular weight is 349 g/mol. The van der Waals surface area contributed by atoms with Crippen LogP contribution >= 0.6 is 0 Å². The number of rotatable bonds is 2. The number of ketones is 1. The van der Waals surface area contributed by atoms with E-state index in [9.17, 15) is 4.79 Å². The Kier molecular flexibility index (Phi) is 41.6. The van der Waals surface area contributed by atoms with Gasteiger partial charge in [0.25, 0.3) is 0 Å². The van der Waals surface area contributed by atoms with Gasteiger partial charge in [0.05, 0.1) is 0 Å². The molecule has 0 bridgehead atoms. The van der Waals surface area contributed by atoms with Gasteiger partial charge in [0.1, 0.15) is 0 Å². The van der Waals surface area contributed by atoms with E-state index in [0.717, 1.165) is 12.2 Å². The van der Waals surface area contributed by atoms with E-state index in [4.69, 9.17) is 0 Å². The predicted molar refractivity (Wildman–Crippen MR) is 114 cm³/mol. The third-order valence-corrected chi connectivity index (χ3v) is 2.14. The molecular formula is C23H40O2. The van der Waals surface area contributed by atoms with E-state index in [0.29, 0.717) is 0 Å². The van der Waals surface area contributed by atoms with E-state index in [2.05, 4.69) is 4.74 Å². The number of carbonyl (C=O) groups excluding carboxylic acids is 1. The van der Waals surface area contributed by atoms with Crippen molar-refractivity contribution in [3.05, 3.63) is 72.3 Å². The summed E-state index contributed by atoms with van der Waals surface area (Å²) in [5, 5.41) is 0. The van der Waals surface area contributed by atoms with Crippen LogP contribution in [0.25, 0.3) is 0 Å². The maximum absolute atomic E-state index is 10.6. The summed E-state index contributed by atoms with van der Waals surface area (Å²) in [7, 11) is 1.68. The molecule has 0 unspecified atom stereocenters. The Bertz CT molecular complexity index is 382. The standard InChI is InChI=1S/C8H8O.C6H6.C3H8O.3C2H6/c1-7(9)8-5-3-2-4-6-8;1-2-4-6-5-3-1;1-3-4-2;3*1-2/h2-6H,1H3;1-6H;3H2,1-2H3;3*1-2H3. The predicted octanol–water partition coefficient (Wildman–Crippen LogP) is 7.31. The maximum atomic E-state index is 10.6. The number of hydrogen-bond acceptors (Lipinski definition) is 2. The van der Waals surface area contributed by atoms with E-state index in [1.54, 1.807) is 14.0 Å². The molecule has 0 amide bonds. The summed E-state index contributed by atoms with van der Waals surface area (Å²) in [5.74, 6) is 0.121. The number of benzene rings is 2. The van der Waals surface area contributed by atoms with Gasteiger partial charge in [0.2, 0.25) is 0 Å². The molecule has 0 aliphatic rings. The number of Topliss-reactive ketones (excluding diaryl/α,β-unsaturated/α-hetero) is 1. The van der Waals surface area contributed by atoms with Crippen LogP contribution in [0.5, 0.6) is 0 Å². The average Bonchev–Trinajstić information content (AvgIpc) is 2.75. The van der Waals surface area contributed by atoms with Gasteiger partial charge in [0.15, 0.2) is 5.78 Å². The quantitative estimate of drug-likeness (QED) is 0.532. The lowest BCUT2D eigenvalue weighted by Crippen LogP contribution is -1.88. The van der Waals surface area contributed by atoms with E-state index < -0.39 is 0 Å². The highest BCUT2D eigenvalue weighted by Crippen LogP contribution is 1.97. The summed E-state index contributed by atoms with van der Waals surface area (Å²) in [6, 6.07) is 21.2. The first-order valence-electron chi connectivity index (χ1n) is 9.27. The second-order valence-electron chi connectivity index (χ2n) is 3.65. The Morgan fingerprint density at radius 1 is 0.720 bits per heavy atom. The lowest BCUT2D eigenvalue weighted by atomic mass is 10.2. The van der Waals surface area contributed by atoms with Crippen molar-refractivity contribution in [2.24, 2.45) is 0 Å². The van der Waals surface area contributed by atoms with Crippen LogP contribution in [-0.2, 0) is 4.74 Å². The first-order valence-corrected chi connectivity index (χ1v) is 9.27. The Balaban J connectivity index is -0.000000121. The fourth-order valence-electron chi connectivity index (χ4n) is 1.06. The Morgan fingerprint density at radius 3 is 1.12 bits per heavy atom. The van der Waals surface area contributed by atoms with E-state index in [-0.39, 0.29) is 5.78 Å². The van der Waals surface area contributed by atoms with Crippen LogP contribution in [-0.4, -0.2) is 19.5 Å². The molecule has 2 rings (SSSR count). The van der Waals surface area contributed by atoms with Crippen molar-refractivity contribution < 1.29 is 9.53 Å². The van der Waals surface area contributed by atoms with Crippen LogP contribution < -0.4 is 0 Å². The lowest BCUT2D eigenvalue weighted by Gasteiger charge is -1.89. The van der Waals surface area contributed by atoms with Gasteiger partial charge in [-0.1, -0.05) is 108 Å². The van der Waals surface area contributed by atoms with Gasteiger partial charge in [-0.25, -0.2) is 0 Å². The maximum Gasteiger partial charge on any atom is 0.159 e. The lowest BCUT2D eigenvalue weighted by molar-refractivity contribution is 0.101. The highest BCUT2D eigenvalue weighted by atomic mass is 16.5. The van der Waals surface area contributed by atoms with Crippen molar-refractivity contribution in [3.63, 3.8) is 0 Å². The van der Waals surface area contributed by atoms with Crippen LogP contribution in [0.3, 0.4) is 0 Å². The molecule has 0 aromatic heterocycles. The third-order valence-electron chi connectivity index (χ3n) is 2.14. The SMILES string of the molecule is CC.CC.CC.CC(=O)c1ccccc1.CCOC.c1ccccc1. The van der Waals surface area contributed by atoms with Crippen LogP contribution in [0.4, 0.5) is 0 Å². The summed E-state index contributed by atoms with van der Waals surface area (Å²) in [6.45, 7) is 16.3. The van der Waals surface area contributed by atoms with Gasteiger partial charge in [-0.3, -0.25) is 4.79 Å². The van der Waals surface area contributed by atoms with Crippen LogP contribution in [0.15, 0.2) is 66.7 Å². The summed E-state index contributed by atoms with van der Waals surface area (Å²) in [4.78, 5) is 10.6. The minimum absolute atomic E-state index is 0.121. The third kappa shape index (κ3) is 30.5. The highest BCUT2D eigenvalue weighted by Gasteiger charge is 1.92. The van der Waals surface area contributed by atoms with Gasteiger partial charge in [-0.2, -0.15) is 0 Å². The Morgan fingerprint density at radius 2 is 0.960 bits per heavy atom. The number of ether oxygens (including phenoxy) is 1. The van der Waals surface area contributed by atoms with Gasteiger partial charge in [-0.15, -0.1) is 0 Å². The molecule has 0 saturated heterocycles. The Hall–Kier alpha value is -1.93. The molecule has 144 valence electrons. The van der Waals surface area contributed by atoms with Crippen molar-refractivity contribution in [1.82, 2.24) is 0 Å². The minimum Gasteiger partial charge on any atom is -0.385 e. The zero-order valence-corrected chi connectivity index (χ0v) is 17.9. The minimum atomic E-state index is 0.121. The van der Waals surface area contributed by atoms with Crippen molar-refractivity contribution in [1.29, 1.82) is 0 Å². The molecule has 0 aliphatic carbocycles. The van der Waals surface area contributed by atoms with Gasteiger partial charge in [-0.05, 0) is 13.8 Å². The molecule has 25 heavy (non-hydrogen) atoms. The monoisotopic (exact) mass is 348 g/mol. The molecule has 0 heterocycles. The van der Waals surface area contributed by atoms with Crippen molar-refractivity contribution in [2.45, 2.75) is 55.4 Å². The zero-order chi connectivity index (χ0) is 20.3. The van der Waals surface area contributed by atoms with Crippen molar-refractivity contribution in [3.8, 4) is 0 Å². The molecular weight excluding hydrogens is 308 g/mol. The molecule has 0 N–H and O–H groups in total. The molecule has 2 aromatic carbocycles. The van der Waals surface area contributed by atoms with Gasteiger partial charge < -0.3 is 4.74 Å². The van der Waals surface area contributed by atoms with E-state index in [1.165, 1.54) is 0 Å². The normalized spacial score (nSPS) is 7.08. The van der Waals surface area contributed by atoms with E-state index in [1.807, 2.05) is 115 Å². The molecule has 2 aromatic rings. The number of hydrogen-bond donors (Lipinski definition) is 0. The first kappa shape index (κ1) is 30.9. The summed E-state index contributed by atoms with van der Waals surface area (Å²) < 4.78 is 4.54. The fraction of sp³-hybridized carbons (Fsp3) is 0.435. The fourth-order valence-corrected chi connectivity index (χ4v) is 1.06. The second-order valence-corrected chi connectivity index (χ2v) is 3.65. The molecule has 2 nitrogen and oxygen atoms in total. The smallest absolute Gasteiger partial charge is 0.159 e. The zero-order valence-electron chi connectivity index (χ0n) is 17.9. The largest absolute Gasteiger partial charge is 0.385 e.